The molecule has 0 unspecified atom stereocenters. The lowest BCUT2D eigenvalue weighted by Gasteiger charge is -2.29. The van der Waals surface area contributed by atoms with Crippen LogP contribution in [-0.4, -0.2) is 63.2 Å². The third-order valence-corrected chi connectivity index (χ3v) is 4.45. The Morgan fingerprint density at radius 1 is 1.35 bits per heavy atom. The van der Waals surface area contributed by atoms with Gasteiger partial charge in [0.2, 0.25) is 0 Å². The van der Waals surface area contributed by atoms with Gasteiger partial charge in [-0.1, -0.05) is 17.3 Å². The van der Waals surface area contributed by atoms with E-state index >= 15 is 0 Å². The van der Waals surface area contributed by atoms with Crippen LogP contribution >= 0.6 is 0 Å². The predicted molar refractivity (Wildman–Crippen MR) is 94.2 cm³/mol. The van der Waals surface area contributed by atoms with Crippen LogP contribution < -0.4 is 5.32 Å². The van der Waals surface area contributed by atoms with Crippen LogP contribution in [0, 0.1) is 5.82 Å². The average Bonchev–Trinajstić information content (AvgIpc) is 3.09. The summed E-state index contributed by atoms with van der Waals surface area (Å²) in [6, 6.07) is 6.13. The molecular weight excluding hydrogens is 337 g/mol. The fourth-order valence-electron chi connectivity index (χ4n) is 3.09. The van der Waals surface area contributed by atoms with Crippen molar-refractivity contribution in [3.8, 4) is 0 Å². The van der Waals surface area contributed by atoms with Crippen LogP contribution in [0.5, 0.6) is 0 Å². The number of aliphatic hydroxyl groups is 1. The van der Waals surface area contributed by atoms with Gasteiger partial charge in [-0.15, -0.1) is 5.10 Å². The minimum Gasteiger partial charge on any atom is -0.392 e. The molecule has 1 fully saturated rings. The van der Waals surface area contributed by atoms with Crippen LogP contribution in [0.1, 0.15) is 35.3 Å². The van der Waals surface area contributed by atoms with Gasteiger partial charge in [0.1, 0.15) is 5.82 Å². The molecule has 140 valence electrons. The lowest BCUT2D eigenvalue weighted by Crippen LogP contribution is -2.39. The zero-order valence-electron chi connectivity index (χ0n) is 14.6. The molecule has 2 heterocycles. The highest BCUT2D eigenvalue weighted by Crippen LogP contribution is 2.09. The molecule has 0 radical (unpaired) electrons. The van der Waals surface area contributed by atoms with E-state index in [1.807, 2.05) is 0 Å². The van der Waals surface area contributed by atoms with E-state index in [-0.39, 0.29) is 23.5 Å². The van der Waals surface area contributed by atoms with E-state index in [0.29, 0.717) is 19.6 Å². The molecule has 1 aliphatic heterocycles. The summed E-state index contributed by atoms with van der Waals surface area (Å²) in [5.74, 6) is -0.541. The maximum absolute atomic E-state index is 12.9. The Hall–Kier alpha value is -2.32. The number of piperidine rings is 1. The molecule has 1 aromatic carbocycles. The van der Waals surface area contributed by atoms with Crippen LogP contribution in [0.2, 0.25) is 0 Å². The Bertz CT molecular complexity index is 719. The first kappa shape index (κ1) is 18.5. The number of likely N-dealkylation sites (tertiary alicyclic amines) is 1. The van der Waals surface area contributed by atoms with E-state index in [1.54, 1.807) is 23.0 Å². The Balaban J connectivity index is 1.41. The highest BCUT2D eigenvalue weighted by atomic mass is 19.1. The smallest absolute Gasteiger partial charge is 0.273 e. The number of aliphatic hydroxyl groups excluding tert-OH is 1. The fourth-order valence-corrected chi connectivity index (χ4v) is 3.09. The number of amides is 1. The van der Waals surface area contributed by atoms with E-state index in [9.17, 15) is 14.3 Å². The third kappa shape index (κ3) is 5.34. The first-order chi connectivity index (χ1) is 12.6. The Morgan fingerprint density at radius 2 is 2.15 bits per heavy atom. The third-order valence-electron chi connectivity index (χ3n) is 4.45. The predicted octanol–water partition coefficient (Wildman–Crippen LogP) is 1.04. The van der Waals surface area contributed by atoms with E-state index < -0.39 is 0 Å². The van der Waals surface area contributed by atoms with Crippen molar-refractivity contribution in [2.45, 2.75) is 31.9 Å². The van der Waals surface area contributed by atoms with Gasteiger partial charge in [-0.05, 0) is 50.0 Å². The summed E-state index contributed by atoms with van der Waals surface area (Å²) in [4.78, 5) is 14.3. The van der Waals surface area contributed by atoms with Gasteiger partial charge in [0, 0.05) is 13.1 Å². The van der Waals surface area contributed by atoms with Crippen LogP contribution in [0.15, 0.2) is 30.5 Å². The Kier molecular flexibility index (Phi) is 6.30. The molecule has 1 aromatic heterocycles. The minimum absolute atomic E-state index is 0.227. The highest BCUT2D eigenvalue weighted by Gasteiger charge is 2.17. The molecule has 2 N–H and O–H groups in total. The number of carbonyl (C=O) groups is 1. The summed E-state index contributed by atoms with van der Waals surface area (Å²) >= 11 is 0. The van der Waals surface area contributed by atoms with Crippen molar-refractivity contribution < 1.29 is 14.3 Å². The number of benzene rings is 1. The molecule has 26 heavy (non-hydrogen) atoms. The summed E-state index contributed by atoms with van der Waals surface area (Å²) in [7, 11) is 0. The van der Waals surface area contributed by atoms with Crippen molar-refractivity contribution in [1.29, 1.82) is 0 Å². The van der Waals surface area contributed by atoms with Gasteiger partial charge < -0.3 is 15.3 Å². The molecule has 1 aliphatic rings. The summed E-state index contributed by atoms with van der Waals surface area (Å²) in [6.45, 7) is 3.55. The highest BCUT2D eigenvalue weighted by molar-refractivity contribution is 5.91. The lowest BCUT2D eigenvalue weighted by atomic mass is 10.1. The molecule has 1 amide bonds. The largest absolute Gasteiger partial charge is 0.392 e. The number of hydrogen-bond donors (Lipinski definition) is 2. The molecule has 1 saturated heterocycles. The molecule has 8 heteroatoms. The number of halogens is 1. The zero-order valence-corrected chi connectivity index (χ0v) is 14.6. The summed E-state index contributed by atoms with van der Waals surface area (Å²) in [5, 5.41) is 20.3. The van der Waals surface area contributed by atoms with Crippen LogP contribution in [0.25, 0.3) is 0 Å². The minimum atomic E-state index is -0.286. The van der Waals surface area contributed by atoms with Crippen molar-refractivity contribution >= 4 is 5.91 Å². The normalized spacial score (nSPS) is 18.0. The number of rotatable bonds is 7. The first-order valence-electron chi connectivity index (χ1n) is 8.93. The van der Waals surface area contributed by atoms with E-state index in [0.717, 1.165) is 37.9 Å². The van der Waals surface area contributed by atoms with Gasteiger partial charge in [0.25, 0.3) is 5.91 Å². The van der Waals surface area contributed by atoms with Crippen molar-refractivity contribution in [2.75, 3.05) is 26.2 Å². The molecule has 0 saturated carbocycles. The molecule has 0 bridgehead atoms. The van der Waals surface area contributed by atoms with Crippen molar-refractivity contribution in [3.05, 3.63) is 47.5 Å². The monoisotopic (exact) mass is 361 g/mol. The van der Waals surface area contributed by atoms with Crippen molar-refractivity contribution in [3.63, 3.8) is 0 Å². The van der Waals surface area contributed by atoms with E-state index in [2.05, 4.69) is 20.5 Å². The molecule has 2 aromatic rings. The fraction of sp³-hybridized carbons (Fsp3) is 0.500. The van der Waals surface area contributed by atoms with Gasteiger partial charge in [0.15, 0.2) is 5.69 Å². The summed E-state index contributed by atoms with van der Waals surface area (Å²) < 4.78 is 14.5. The van der Waals surface area contributed by atoms with Crippen LogP contribution in [-0.2, 0) is 6.54 Å². The first-order valence-corrected chi connectivity index (χ1v) is 8.93. The van der Waals surface area contributed by atoms with Gasteiger partial charge in [-0.2, -0.15) is 0 Å². The number of nitrogens with one attached hydrogen (secondary N) is 1. The van der Waals surface area contributed by atoms with Gasteiger partial charge >= 0.3 is 0 Å². The van der Waals surface area contributed by atoms with Crippen molar-refractivity contribution in [1.82, 2.24) is 25.2 Å². The second kappa shape index (κ2) is 8.86. The molecule has 3 rings (SSSR count). The maximum atomic E-state index is 12.9. The molecule has 7 nitrogen and oxygen atoms in total. The second-order valence-electron chi connectivity index (χ2n) is 6.63. The number of carbonyl (C=O) groups excluding carboxylic acids is 1. The van der Waals surface area contributed by atoms with Gasteiger partial charge in [-0.3, -0.25) is 4.79 Å². The summed E-state index contributed by atoms with van der Waals surface area (Å²) in [5.41, 5.74) is 1.15. The zero-order chi connectivity index (χ0) is 18.4. The number of β-amino-alcohol motifs (C(OH)–C–C–N with tert-alkyl or cyclic N) is 1. The number of hydrogen-bond acceptors (Lipinski definition) is 5. The van der Waals surface area contributed by atoms with Crippen LogP contribution in [0.3, 0.4) is 0 Å². The van der Waals surface area contributed by atoms with Gasteiger partial charge in [-0.25, -0.2) is 9.07 Å². The SMILES string of the molecule is O=C(NCCCN1CCC[C@@H](O)C1)c1cn(Cc2ccc(F)cc2)nn1. The summed E-state index contributed by atoms with van der Waals surface area (Å²) in [6.07, 6.45) is 4.07. The maximum Gasteiger partial charge on any atom is 0.273 e. The van der Waals surface area contributed by atoms with Crippen molar-refractivity contribution in [2.24, 2.45) is 0 Å². The van der Waals surface area contributed by atoms with E-state index in [1.165, 1.54) is 12.1 Å². The molecular formula is C18H24FN5O2. The second-order valence-corrected chi connectivity index (χ2v) is 6.63. The van der Waals surface area contributed by atoms with E-state index in [4.69, 9.17) is 0 Å². The van der Waals surface area contributed by atoms with Crippen LogP contribution in [0.4, 0.5) is 4.39 Å². The molecule has 0 spiro atoms. The van der Waals surface area contributed by atoms with Gasteiger partial charge in [0.05, 0.1) is 18.8 Å². The average molecular weight is 361 g/mol. The molecule has 1 atom stereocenters. The molecule has 0 aliphatic carbocycles. The Labute approximate surface area is 151 Å². The number of aromatic nitrogens is 3. The quantitative estimate of drug-likeness (QED) is 0.720. The Morgan fingerprint density at radius 3 is 2.92 bits per heavy atom. The topological polar surface area (TPSA) is 83.3 Å². The lowest BCUT2D eigenvalue weighted by molar-refractivity contribution is 0.0697. The standard InChI is InChI=1S/C18H24FN5O2/c19-15-6-4-14(5-7-15)11-24-13-17(21-22-24)18(26)20-8-2-10-23-9-1-3-16(25)12-23/h4-7,13,16,25H,1-3,8-12H2,(H,20,26)/t16-/m1/s1. The number of nitrogens with zero attached hydrogens (tertiary/aromatic N) is 4.